The Hall–Kier alpha value is -2.56. The lowest BCUT2D eigenvalue weighted by molar-refractivity contribution is -0.117. The molecule has 1 heterocycles. The molecule has 20 heavy (non-hydrogen) atoms. The predicted molar refractivity (Wildman–Crippen MR) is 70.8 cm³/mol. The smallest absolute Gasteiger partial charge is 0.244 e. The Morgan fingerprint density at radius 3 is 2.60 bits per heavy atom. The van der Waals surface area contributed by atoms with E-state index in [0.717, 1.165) is 24.3 Å². The van der Waals surface area contributed by atoms with Crippen molar-refractivity contribution in [2.24, 2.45) is 0 Å². The molecular formula is C15H12F2N2O. The molecule has 0 aliphatic heterocycles. The maximum atomic E-state index is 13.9. The van der Waals surface area contributed by atoms with Crippen LogP contribution in [0.15, 0.2) is 55.4 Å². The number of aromatic nitrogens is 1. The standard InChI is InChI=1S/C15H12F2N2O/c1-2-14(20)19-15(10-5-7-18-8-6-10)12-9-11(16)3-4-13(12)17/h2-9,15H,1H2,(H,19,20)/t15-/m0/s1. The number of carbonyl (C=O) groups excluding carboxylic acids is 1. The minimum atomic E-state index is -0.806. The van der Waals surface area contributed by atoms with Crippen molar-refractivity contribution in [2.75, 3.05) is 0 Å². The lowest BCUT2D eigenvalue weighted by Gasteiger charge is -2.19. The number of nitrogens with one attached hydrogen (secondary N) is 1. The van der Waals surface area contributed by atoms with E-state index in [1.807, 2.05) is 0 Å². The average Bonchev–Trinajstić information content (AvgIpc) is 2.48. The molecule has 0 saturated heterocycles. The SMILES string of the molecule is C=CC(=O)N[C@@H](c1ccncc1)c1cc(F)ccc1F. The van der Waals surface area contributed by atoms with Crippen LogP contribution in [0.1, 0.15) is 17.2 Å². The van der Waals surface area contributed by atoms with Crippen LogP contribution in [-0.4, -0.2) is 10.9 Å². The van der Waals surface area contributed by atoms with Crippen molar-refractivity contribution in [1.82, 2.24) is 10.3 Å². The number of carbonyl (C=O) groups is 1. The van der Waals surface area contributed by atoms with Gasteiger partial charge in [0, 0.05) is 18.0 Å². The Morgan fingerprint density at radius 1 is 1.25 bits per heavy atom. The van der Waals surface area contributed by atoms with Gasteiger partial charge in [0.15, 0.2) is 0 Å². The highest BCUT2D eigenvalue weighted by Gasteiger charge is 2.20. The maximum absolute atomic E-state index is 13.9. The van der Waals surface area contributed by atoms with Crippen molar-refractivity contribution >= 4 is 5.91 Å². The highest BCUT2D eigenvalue weighted by atomic mass is 19.1. The average molecular weight is 274 g/mol. The van der Waals surface area contributed by atoms with Gasteiger partial charge in [-0.1, -0.05) is 6.58 Å². The molecule has 1 atom stereocenters. The van der Waals surface area contributed by atoms with Gasteiger partial charge in [0.2, 0.25) is 5.91 Å². The van der Waals surface area contributed by atoms with Gasteiger partial charge in [-0.15, -0.1) is 0 Å². The molecule has 5 heteroatoms. The molecule has 0 unspecified atom stereocenters. The molecule has 2 aromatic rings. The molecule has 2 rings (SSSR count). The molecule has 1 aromatic heterocycles. The van der Waals surface area contributed by atoms with Gasteiger partial charge in [-0.3, -0.25) is 9.78 Å². The van der Waals surface area contributed by atoms with Gasteiger partial charge in [-0.25, -0.2) is 8.78 Å². The second-order valence-corrected chi connectivity index (χ2v) is 4.09. The summed E-state index contributed by atoms with van der Waals surface area (Å²) in [4.78, 5) is 15.4. The maximum Gasteiger partial charge on any atom is 0.244 e. The van der Waals surface area contributed by atoms with Gasteiger partial charge in [0.25, 0.3) is 0 Å². The van der Waals surface area contributed by atoms with E-state index in [1.54, 1.807) is 12.1 Å². The molecule has 0 saturated carbocycles. The molecule has 102 valence electrons. The van der Waals surface area contributed by atoms with Crippen LogP contribution in [0.3, 0.4) is 0 Å². The van der Waals surface area contributed by atoms with Gasteiger partial charge < -0.3 is 5.32 Å². The van der Waals surface area contributed by atoms with Crippen molar-refractivity contribution in [3.8, 4) is 0 Å². The number of hydrogen-bond donors (Lipinski definition) is 1. The molecule has 0 spiro atoms. The molecule has 0 fully saturated rings. The van der Waals surface area contributed by atoms with Crippen LogP contribution in [0.2, 0.25) is 0 Å². The third kappa shape index (κ3) is 3.06. The summed E-state index contributed by atoms with van der Waals surface area (Å²) < 4.78 is 27.2. The van der Waals surface area contributed by atoms with Crippen molar-refractivity contribution in [1.29, 1.82) is 0 Å². The predicted octanol–water partition coefficient (Wildman–Crippen LogP) is 2.75. The Balaban J connectivity index is 2.48. The molecule has 0 aliphatic carbocycles. The minimum absolute atomic E-state index is 0.0476. The lowest BCUT2D eigenvalue weighted by atomic mass is 9.99. The first-order chi connectivity index (χ1) is 9.61. The quantitative estimate of drug-likeness (QED) is 0.871. The molecular weight excluding hydrogens is 262 g/mol. The Kier molecular flexibility index (Phi) is 4.20. The second kappa shape index (κ2) is 6.06. The fourth-order valence-corrected chi connectivity index (χ4v) is 1.83. The molecule has 0 radical (unpaired) electrons. The largest absolute Gasteiger partial charge is 0.342 e. The van der Waals surface area contributed by atoms with E-state index in [2.05, 4.69) is 16.9 Å². The van der Waals surface area contributed by atoms with E-state index in [9.17, 15) is 13.6 Å². The number of benzene rings is 1. The van der Waals surface area contributed by atoms with E-state index >= 15 is 0 Å². The molecule has 0 bridgehead atoms. The Labute approximate surface area is 115 Å². The summed E-state index contributed by atoms with van der Waals surface area (Å²) in [5.41, 5.74) is 0.645. The molecule has 1 N–H and O–H groups in total. The van der Waals surface area contributed by atoms with E-state index in [1.165, 1.54) is 12.4 Å². The van der Waals surface area contributed by atoms with Crippen LogP contribution >= 0.6 is 0 Å². The zero-order valence-corrected chi connectivity index (χ0v) is 10.5. The van der Waals surface area contributed by atoms with Gasteiger partial charge in [0.05, 0.1) is 6.04 Å². The van der Waals surface area contributed by atoms with Crippen molar-refractivity contribution in [2.45, 2.75) is 6.04 Å². The fraction of sp³-hybridized carbons (Fsp3) is 0.0667. The number of nitrogens with zero attached hydrogens (tertiary/aromatic N) is 1. The highest BCUT2D eigenvalue weighted by molar-refractivity contribution is 5.87. The van der Waals surface area contributed by atoms with Crippen LogP contribution in [0.5, 0.6) is 0 Å². The number of rotatable bonds is 4. The molecule has 0 aliphatic rings. The number of hydrogen-bond acceptors (Lipinski definition) is 2. The first-order valence-corrected chi connectivity index (χ1v) is 5.89. The van der Waals surface area contributed by atoms with Gasteiger partial charge in [-0.05, 0) is 42.0 Å². The second-order valence-electron chi connectivity index (χ2n) is 4.09. The van der Waals surface area contributed by atoms with Crippen LogP contribution in [0, 0.1) is 11.6 Å². The third-order valence-electron chi connectivity index (χ3n) is 2.78. The summed E-state index contributed by atoms with van der Waals surface area (Å²) in [5, 5.41) is 2.58. The summed E-state index contributed by atoms with van der Waals surface area (Å²) in [5.74, 6) is -1.65. The van der Waals surface area contributed by atoms with Gasteiger partial charge in [-0.2, -0.15) is 0 Å². The summed E-state index contributed by atoms with van der Waals surface area (Å²) in [6.45, 7) is 3.35. The minimum Gasteiger partial charge on any atom is -0.342 e. The van der Waals surface area contributed by atoms with E-state index in [-0.39, 0.29) is 5.56 Å². The van der Waals surface area contributed by atoms with E-state index < -0.39 is 23.6 Å². The van der Waals surface area contributed by atoms with Crippen molar-refractivity contribution < 1.29 is 13.6 Å². The van der Waals surface area contributed by atoms with Crippen LogP contribution in [0.4, 0.5) is 8.78 Å². The zero-order chi connectivity index (χ0) is 14.5. The first kappa shape index (κ1) is 13.9. The third-order valence-corrected chi connectivity index (χ3v) is 2.78. The first-order valence-electron chi connectivity index (χ1n) is 5.89. The highest BCUT2D eigenvalue weighted by Crippen LogP contribution is 2.24. The van der Waals surface area contributed by atoms with Crippen molar-refractivity contribution in [3.63, 3.8) is 0 Å². The number of halogens is 2. The Bertz CT molecular complexity index is 629. The lowest BCUT2D eigenvalue weighted by Crippen LogP contribution is -2.28. The normalized spacial score (nSPS) is 11.7. The zero-order valence-electron chi connectivity index (χ0n) is 10.5. The van der Waals surface area contributed by atoms with Crippen LogP contribution in [0.25, 0.3) is 0 Å². The van der Waals surface area contributed by atoms with Crippen LogP contribution in [-0.2, 0) is 4.79 Å². The topological polar surface area (TPSA) is 42.0 Å². The van der Waals surface area contributed by atoms with Gasteiger partial charge >= 0.3 is 0 Å². The molecule has 1 amide bonds. The van der Waals surface area contributed by atoms with E-state index in [4.69, 9.17) is 0 Å². The van der Waals surface area contributed by atoms with Crippen molar-refractivity contribution in [3.05, 3.63) is 78.1 Å². The summed E-state index contributed by atoms with van der Waals surface area (Å²) in [7, 11) is 0. The molecule has 1 aromatic carbocycles. The summed E-state index contributed by atoms with van der Waals surface area (Å²) in [6, 6.07) is 5.55. The number of amides is 1. The number of pyridine rings is 1. The monoisotopic (exact) mass is 274 g/mol. The summed E-state index contributed by atoms with van der Waals surface area (Å²) in [6.07, 6.45) is 4.10. The van der Waals surface area contributed by atoms with E-state index in [0.29, 0.717) is 5.56 Å². The fourth-order valence-electron chi connectivity index (χ4n) is 1.83. The summed E-state index contributed by atoms with van der Waals surface area (Å²) >= 11 is 0. The van der Waals surface area contributed by atoms with Gasteiger partial charge in [0.1, 0.15) is 11.6 Å². The Morgan fingerprint density at radius 2 is 1.95 bits per heavy atom. The molecule has 3 nitrogen and oxygen atoms in total. The van der Waals surface area contributed by atoms with Crippen LogP contribution < -0.4 is 5.32 Å².